The lowest BCUT2D eigenvalue weighted by atomic mass is 10.1. The maximum absolute atomic E-state index is 11.5. The molecular weight excluding hydrogens is 212 g/mol. The molecule has 0 bridgehead atoms. The monoisotopic (exact) mass is 224 g/mol. The van der Waals surface area contributed by atoms with E-state index in [1.54, 1.807) is 24.3 Å². The van der Waals surface area contributed by atoms with Crippen LogP contribution in [0.1, 0.15) is 11.1 Å². The van der Waals surface area contributed by atoms with Gasteiger partial charge in [0.15, 0.2) is 9.84 Å². The lowest BCUT2D eigenvalue weighted by Gasteiger charge is -2.04. The van der Waals surface area contributed by atoms with Crippen molar-refractivity contribution in [2.45, 2.75) is 5.75 Å². The highest BCUT2D eigenvalue weighted by molar-refractivity contribution is 7.90. The second-order valence-corrected chi connectivity index (χ2v) is 5.33. The van der Waals surface area contributed by atoms with Crippen molar-refractivity contribution in [3.05, 3.63) is 35.4 Å². The Morgan fingerprint density at radius 2 is 2.00 bits per heavy atom. The third kappa shape index (κ3) is 3.35. The Bertz CT molecular complexity index is 474. The highest BCUT2D eigenvalue weighted by Crippen LogP contribution is 2.11. The first kappa shape index (κ1) is 11.7. The summed E-state index contributed by atoms with van der Waals surface area (Å²) in [6.45, 7) is 0.108. The predicted molar refractivity (Wildman–Crippen MR) is 57.7 cm³/mol. The lowest BCUT2D eigenvalue weighted by Crippen LogP contribution is -2.17. The summed E-state index contributed by atoms with van der Waals surface area (Å²) in [6.07, 6.45) is 0. The molecule has 0 amide bonds. The van der Waals surface area contributed by atoms with E-state index in [0.29, 0.717) is 11.1 Å². The smallest absolute Gasteiger partial charge is 0.155 e. The molecule has 0 aliphatic heterocycles. The number of rotatable bonds is 4. The Labute approximate surface area is 89.2 Å². The van der Waals surface area contributed by atoms with Gasteiger partial charge in [0, 0.05) is 6.54 Å². The highest BCUT2D eigenvalue weighted by Gasteiger charge is 2.12. The molecule has 0 aliphatic carbocycles. The maximum atomic E-state index is 11.5. The number of nitriles is 1. The molecule has 0 spiro atoms. The summed E-state index contributed by atoms with van der Waals surface area (Å²) in [4.78, 5) is 0. The molecule has 0 aromatic heterocycles. The average molecular weight is 224 g/mol. The minimum atomic E-state index is -3.19. The van der Waals surface area contributed by atoms with E-state index < -0.39 is 9.84 Å². The van der Waals surface area contributed by atoms with Crippen LogP contribution in [0.3, 0.4) is 0 Å². The Kier molecular flexibility index (Phi) is 3.83. The van der Waals surface area contributed by atoms with Crippen molar-refractivity contribution in [3.63, 3.8) is 0 Å². The molecule has 1 aromatic rings. The Morgan fingerprint density at radius 3 is 2.60 bits per heavy atom. The van der Waals surface area contributed by atoms with Gasteiger partial charge in [-0.3, -0.25) is 0 Å². The topological polar surface area (TPSA) is 84.0 Å². The van der Waals surface area contributed by atoms with Crippen LogP contribution < -0.4 is 5.73 Å². The van der Waals surface area contributed by atoms with E-state index in [9.17, 15) is 8.42 Å². The summed E-state index contributed by atoms with van der Waals surface area (Å²) in [7, 11) is -3.19. The van der Waals surface area contributed by atoms with Crippen LogP contribution >= 0.6 is 0 Å². The number of hydrogen-bond acceptors (Lipinski definition) is 4. The molecule has 1 rings (SSSR count). The lowest BCUT2D eigenvalue weighted by molar-refractivity contribution is 0.595. The molecular formula is C10H12N2O2S. The quantitative estimate of drug-likeness (QED) is 0.803. The molecule has 0 atom stereocenters. The number of nitrogens with zero attached hydrogens (tertiary/aromatic N) is 1. The molecule has 0 fully saturated rings. The molecule has 5 heteroatoms. The average Bonchev–Trinajstić information content (AvgIpc) is 2.17. The van der Waals surface area contributed by atoms with Gasteiger partial charge >= 0.3 is 0 Å². The van der Waals surface area contributed by atoms with Gasteiger partial charge in [-0.15, -0.1) is 0 Å². The van der Waals surface area contributed by atoms with Crippen LogP contribution in [0.5, 0.6) is 0 Å². The molecule has 0 radical (unpaired) electrons. The van der Waals surface area contributed by atoms with Crippen LogP contribution in [-0.2, 0) is 15.6 Å². The first-order valence-corrected chi connectivity index (χ1v) is 6.29. The molecule has 1 aromatic carbocycles. The zero-order valence-corrected chi connectivity index (χ0v) is 9.00. The van der Waals surface area contributed by atoms with Crippen molar-refractivity contribution in [1.82, 2.24) is 0 Å². The number of benzene rings is 1. The second kappa shape index (κ2) is 4.91. The van der Waals surface area contributed by atoms with Gasteiger partial charge in [-0.2, -0.15) is 5.26 Å². The first-order chi connectivity index (χ1) is 7.09. The van der Waals surface area contributed by atoms with Crippen molar-refractivity contribution < 1.29 is 8.42 Å². The van der Waals surface area contributed by atoms with E-state index in [-0.39, 0.29) is 18.1 Å². The molecule has 0 saturated carbocycles. The van der Waals surface area contributed by atoms with Crippen molar-refractivity contribution >= 4 is 9.84 Å². The van der Waals surface area contributed by atoms with Crippen LogP contribution in [0.2, 0.25) is 0 Å². The predicted octanol–water partition coefficient (Wildman–Crippen LogP) is 0.432. The molecule has 0 unspecified atom stereocenters. The zero-order chi connectivity index (χ0) is 11.3. The van der Waals surface area contributed by atoms with Crippen molar-refractivity contribution in [3.8, 4) is 6.07 Å². The molecule has 4 nitrogen and oxygen atoms in total. The number of hydrogen-bond donors (Lipinski definition) is 1. The minimum Gasteiger partial charge on any atom is -0.329 e. The van der Waals surface area contributed by atoms with Gasteiger partial charge in [0.25, 0.3) is 0 Å². The maximum Gasteiger partial charge on any atom is 0.155 e. The van der Waals surface area contributed by atoms with Crippen LogP contribution in [0.25, 0.3) is 0 Å². The third-order valence-corrected chi connectivity index (χ3v) is 3.55. The van der Waals surface area contributed by atoms with E-state index in [1.807, 2.05) is 6.07 Å². The Hall–Kier alpha value is -1.38. The van der Waals surface area contributed by atoms with E-state index in [4.69, 9.17) is 11.0 Å². The highest BCUT2D eigenvalue weighted by atomic mass is 32.2. The van der Waals surface area contributed by atoms with Gasteiger partial charge in [-0.1, -0.05) is 18.2 Å². The fraction of sp³-hybridized carbons (Fsp3) is 0.300. The van der Waals surface area contributed by atoms with Gasteiger partial charge in [-0.05, 0) is 11.6 Å². The van der Waals surface area contributed by atoms with Gasteiger partial charge in [0.05, 0.1) is 23.1 Å². The van der Waals surface area contributed by atoms with Crippen molar-refractivity contribution in [2.24, 2.45) is 5.73 Å². The van der Waals surface area contributed by atoms with Gasteiger partial charge in [-0.25, -0.2) is 8.42 Å². The fourth-order valence-electron chi connectivity index (χ4n) is 1.24. The normalized spacial score (nSPS) is 10.9. The van der Waals surface area contributed by atoms with Gasteiger partial charge < -0.3 is 5.73 Å². The summed E-state index contributed by atoms with van der Waals surface area (Å²) in [5, 5.41) is 8.78. The third-order valence-electron chi connectivity index (χ3n) is 1.94. The van der Waals surface area contributed by atoms with Crippen LogP contribution in [0.15, 0.2) is 24.3 Å². The van der Waals surface area contributed by atoms with Crippen LogP contribution in [0, 0.1) is 11.3 Å². The number of nitrogens with two attached hydrogens (primary N) is 1. The van der Waals surface area contributed by atoms with E-state index in [0.717, 1.165) is 0 Å². The summed E-state index contributed by atoms with van der Waals surface area (Å²) in [6, 6.07) is 8.64. The number of sulfone groups is 1. The molecule has 0 saturated heterocycles. The van der Waals surface area contributed by atoms with E-state index in [1.165, 1.54) is 0 Å². The zero-order valence-electron chi connectivity index (χ0n) is 8.18. The fourth-order valence-corrected chi connectivity index (χ4v) is 2.47. The molecule has 15 heavy (non-hydrogen) atoms. The van der Waals surface area contributed by atoms with Gasteiger partial charge in [0.1, 0.15) is 0 Å². The SMILES string of the molecule is N#Cc1ccccc1CS(=O)(=O)CCN. The summed E-state index contributed by atoms with van der Waals surface area (Å²) >= 11 is 0. The summed E-state index contributed by atoms with van der Waals surface area (Å²) in [5.41, 5.74) is 6.13. The Balaban J connectivity index is 2.96. The van der Waals surface area contributed by atoms with Crippen molar-refractivity contribution in [2.75, 3.05) is 12.3 Å². The van der Waals surface area contributed by atoms with E-state index in [2.05, 4.69) is 0 Å². The van der Waals surface area contributed by atoms with Gasteiger partial charge in [0.2, 0.25) is 0 Å². The molecule has 0 heterocycles. The molecule has 80 valence electrons. The standard InChI is InChI=1S/C10H12N2O2S/c11-5-6-15(13,14)8-10-4-2-1-3-9(10)7-12/h1-4H,5-6,8,11H2. The Morgan fingerprint density at radius 1 is 1.33 bits per heavy atom. The molecule has 2 N–H and O–H groups in total. The van der Waals surface area contributed by atoms with Crippen LogP contribution in [0.4, 0.5) is 0 Å². The summed E-state index contributed by atoms with van der Waals surface area (Å²) in [5.74, 6) is -0.166. The first-order valence-electron chi connectivity index (χ1n) is 4.47. The van der Waals surface area contributed by atoms with Crippen LogP contribution in [-0.4, -0.2) is 20.7 Å². The second-order valence-electron chi connectivity index (χ2n) is 3.15. The van der Waals surface area contributed by atoms with E-state index >= 15 is 0 Å². The summed E-state index contributed by atoms with van der Waals surface area (Å²) < 4.78 is 23.0. The largest absolute Gasteiger partial charge is 0.329 e. The minimum absolute atomic E-state index is 0.0488. The molecule has 0 aliphatic rings. The van der Waals surface area contributed by atoms with Crippen molar-refractivity contribution in [1.29, 1.82) is 5.26 Å².